The molecule has 2 amide bonds. The van der Waals surface area contributed by atoms with Crippen LogP contribution in [0.2, 0.25) is 0 Å². The molecule has 0 radical (unpaired) electrons. The van der Waals surface area contributed by atoms with Crippen molar-refractivity contribution in [2.75, 3.05) is 11.9 Å². The van der Waals surface area contributed by atoms with E-state index in [2.05, 4.69) is 17.6 Å². The van der Waals surface area contributed by atoms with Crippen LogP contribution < -0.4 is 10.6 Å². The molecule has 2 rings (SSSR count). The molecule has 6 nitrogen and oxygen atoms in total. The summed E-state index contributed by atoms with van der Waals surface area (Å²) in [5, 5.41) is 5.98. The van der Waals surface area contributed by atoms with Crippen LogP contribution in [0.15, 0.2) is 30.3 Å². The van der Waals surface area contributed by atoms with Gasteiger partial charge in [-0.3, -0.25) is 9.59 Å². The molecule has 1 heterocycles. The summed E-state index contributed by atoms with van der Waals surface area (Å²) in [6.45, 7) is 9.13. The minimum absolute atomic E-state index is 0.191. The van der Waals surface area contributed by atoms with E-state index in [-0.39, 0.29) is 17.7 Å². The quantitative estimate of drug-likeness (QED) is 0.632. The number of carbonyl (C=O) groups is 3. The first kappa shape index (κ1) is 22.6. The SMILES string of the molecule is CC[C@@H](CNC(=O)[C@@H](C)OC(=O)c1c(NC(C)=O)sc(C)c1C)c1ccccc1. The molecule has 2 atom stereocenters. The number of hydrogen-bond acceptors (Lipinski definition) is 5. The highest BCUT2D eigenvalue weighted by atomic mass is 32.1. The molecule has 2 aromatic rings. The van der Waals surface area contributed by atoms with Crippen LogP contribution in [0.4, 0.5) is 5.00 Å². The molecule has 0 aliphatic rings. The van der Waals surface area contributed by atoms with Crippen molar-refractivity contribution in [3.8, 4) is 0 Å². The first-order valence-corrected chi connectivity index (χ1v) is 10.5. The van der Waals surface area contributed by atoms with E-state index in [1.165, 1.54) is 18.3 Å². The van der Waals surface area contributed by atoms with Crippen LogP contribution in [-0.4, -0.2) is 30.4 Å². The molecule has 0 saturated heterocycles. The lowest BCUT2D eigenvalue weighted by atomic mass is 9.96. The number of thiophene rings is 1. The van der Waals surface area contributed by atoms with Crippen molar-refractivity contribution in [2.24, 2.45) is 0 Å². The van der Waals surface area contributed by atoms with E-state index in [1.807, 2.05) is 37.3 Å². The van der Waals surface area contributed by atoms with Crippen LogP contribution in [0.3, 0.4) is 0 Å². The van der Waals surface area contributed by atoms with Crippen LogP contribution in [0.25, 0.3) is 0 Å². The number of amides is 2. The van der Waals surface area contributed by atoms with Gasteiger partial charge < -0.3 is 15.4 Å². The van der Waals surface area contributed by atoms with E-state index >= 15 is 0 Å². The van der Waals surface area contributed by atoms with Crippen molar-refractivity contribution in [3.05, 3.63) is 51.9 Å². The Kier molecular flexibility index (Phi) is 7.96. The molecule has 0 aliphatic carbocycles. The van der Waals surface area contributed by atoms with Crippen molar-refractivity contribution in [3.63, 3.8) is 0 Å². The van der Waals surface area contributed by atoms with Gasteiger partial charge >= 0.3 is 5.97 Å². The van der Waals surface area contributed by atoms with Crippen LogP contribution in [-0.2, 0) is 14.3 Å². The van der Waals surface area contributed by atoms with Gasteiger partial charge in [0, 0.05) is 24.3 Å². The number of carbonyl (C=O) groups excluding carboxylic acids is 3. The third kappa shape index (κ3) is 5.90. The summed E-state index contributed by atoms with van der Waals surface area (Å²) in [6, 6.07) is 9.98. The highest BCUT2D eigenvalue weighted by Crippen LogP contribution is 2.33. The number of aryl methyl sites for hydroxylation is 1. The van der Waals surface area contributed by atoms with Gasteiger partial charge in [0.25, 0.3) is 5.91 Å². The van der Waals surface area contributed by atoms with Crippen molar-refractivity contribution >= 4 is 34.1 Å². The molecule has 0 saturated carbocycles. The Bertz CT molecular complexity index is 876. The zero-order valence-corrected chi connectivity index (χ0v) is 18.3. The molecule has 0 aliphatic heterocycles. The van der Waals surface area contributed by atoms with Crippen molar-refractivity contribution in [1.29, 1.82) is 0 Å². The molecular weight excluding hydrogens is 388 g/mol. The molecule has 7 heteroatoms. The predicted molar refractivity (Wildman–Crippen MR) is 115 cm³/mol. The number of rotatable bonds is 8. The number of ether oxygens (including phenoxy) is 1. The van der Waals surface area contributed by atoms with E-state index in [1.54, 1.807) is 13.8 Å². The number of benzene rings is 1. The highest BCUT2D eigenvalue weighted by molar-refractivity contribution is 7.16. The minimum atomic E-state index is -0.944. The van der Waals surface area contributed by atoms with Gasteiger partial charge in [0.05, 0.1) is 5.56 Å². The topological polar surface area (TPSA) is 84.5 Å². The average Bonchev–Trinajstić information content (AvgIpc) is 2.95. The van der Waals surface area contributed by atoms with E-state index in [9.17, 15) is 14.4 Å². The largest absolute Gasteiger partial charge is 0.449 e. The second-order valence-electron chi connectivity index (χ2n) is 6.98. The monoisotopic (exact) mass is 416 g/mol. The fourth-order valence-corrected chi connectivity index (χ4v) is 4.08. The summed E-state index contributed by atoms with van der Waals surface area (Å²) in [6.07, 6.45) is -0.0631. The van der Waals surface area contributed by atoms with Crippen LogP contribution >= 0.6 is 11.3 Å². The smallest absolute Gasteiger partial charge is 0.342 e. The third-order valence-electron chi connectivity index (χ3n) is 4.82. The standard InChI is InChI=1S/C22H28N2O4S/c1-6-17(18-10-8-7-9-11-18)12-23-20(26)14(3)28-22(27)19-13(2)15(4)29-21(19)24-16(5)25/h7-11,14,17H,6,12H2,1-5H3,(H,23,26)(H,24,25)/t14-,17+/m1/s1. The molecule has 1 aromatic heterocycles. The van der Waals surface area contributed by atoms with Crippen LogP contribution in [0.5, 0.6) is 0 Å². The Morgan fingerprint density at radius 2 is 1.79 bits per heavy atom. The number of hydrogen-bond donors (Lipinski definition) is 2. The summed E-state index contributed by atoms with van der Waals surface area (Å²) in [4.78, 5) is 37.4. The fourth-order valence-electron chi connectivity index (χ4n) is 2.98. The normalized spacial score (nSPS) is 12.7. The number of nitrogens with one attached hydrogen (secondary N) is 2. The van der Waals surface area contributed by atoms with Gasteiger partial charge in [-0.15, -0.1) is 11.3 Å². The molecular formula is C22H28N2O4S. The molecule has 156 valence electrons. The first-order valence-electron chi connectivity index (χ1n) is 9.65. The Morgan fingerprint density at radius 3 is 2.38 bits per heavy atom. The summed E-state index contributed by atoms with van der Waals surface area (Å²) in [7, 11) is 0. The van der Waals surface area contributed by atoms with Gasteiger partial charge in [0.2, 0.25) is 5.91 Å². The molecule has 0 unspecified atom stereocenters. The first-order chi connectivity index (χ1) is 13.7. The molecule has 0 fully saturated rings. The highest BCUT2D eigenvalue weighted by Gasteiger charge is 2.26. The maximum atomic E-state index is 12.7. The summed E-state index contributed by atoms with van der Waals surface area (Å²) < 4.78 is 5.39. The van der Waals surface area contributed by atoms with Crippen molar-refractivity contribution < 1.29 is 19.1 Å². The van der Waals surface area contributed by atoms with Gasteiger partial charge in [-0.25, -0.2) is 4.79 Å². The van der Waals surface area contributed by atoms with Gasteiger partial charge in [-0.1, -0.05) is 37.3 Å². The van der Waals surface area contributed by atoms with Gasteiger partial charge in [0.15, 0.2) is 6.10 Å². The Hall–Kier alpha value is -2.67. The number of anilines is 1. The summed E-state index contributed by atoms with van der Waals surface area (Å²) >= 11 is 1.31. The lowest BCUT2D eigenvalue weighted by Crippen LogP contribution is -2.38. The zero-order valence-electron chi connectivity index (χ0n) is 17.5. The lowest BCUT2D eigenvalue weighted by molar-refractivity contribution is -0.129. The summed E-state index contributed by atoms with van der Waals surface area (Å²) in [5.41, 5.74) is 2.20. The predicted octanol–water partition coefficient (Wildman–Crippen LogP) is 4.18. The fraction of sp³-hybridized carbons (Fsp3) is 0.409. The van der Waals surface area contributed by atoms with E-state index in [0.29, 0.717) is 17.1 Å². The summed E-state index contributed by atoms with van der Waals surface area (Å²) in [5.74, 6) is -1.04. The molecule has 1 aromatic carbocycles. The Labute approximate surface area is 175 Å². The third-order valence-corrected chi connectivity index (χ3v) is 5.94. The van der Waals surface area contributed by atoms with Crippen molar-refractivity contribution in [1.82, 2.24) is 5.32 Å². The van der Waals surface area contributed by atoms with Gasteiger partial charge in [-0.2, -0.15) is 0 Å². The van der Waals surface area contributed by atoms with Crippen LogP contribution in [0, 0.1) is 13.8 Å². The Morgan fingerprint density at radius 1 is 1.14 bits per heavy atom. The second kappa shape index (κ2) is 10.2. The van der Waals surface area contributed by atoms with Gasteiger partial charge in [0.1, 0.15) is 5.00 Å². The maximum absolute atomic E-state index is 12.7. The Balaban J connectivity index is 2.01. The van der Waals surface area contributed by atoms with Gasteiger partial charge in [-0.05, 0) is 38.3 Å². The zero-order chi connectivity index (χ0) is 21.6. The molecule has 2 N–H and O–H groups in total. The van der Waals surface area contributed by atoms with E-state index < -0.39 is 12.1 Å². The van der Waals surface area contributed by atoms with Crippen LogP contribution in [0.1, 0.15) is 59.5 Å². The maximum Gasteiger partial charge on any atom is 0.342 e. The minimum Gasteiger partial charge on any atom is -0.449 e. The average molecular weight is 417 g/mol. The molecule has 0 bridgehead atoms. The lowest BCUT2D eigenvalue weighted by Gasteiger charge is -2.19. The van der Waals surface area contributed by atoms with E-state index in [0.717, 1.165) is 22.4 Å². The van der Waals surface area contributed by atoms with Crippen molar-refractivity contribution in [2.45, 2.75) is 53.1 Å². The molecule has 29 heavy (non-hydrogen) atoms. The molecule has 0 spiro atoms. The second-order valence-corrected chi connectivity index (χ2v) is 8.20. The van der Waals surface area contributed by atoms with E-state index in [4.69, 9.17) is 4.74 Å². The number of esters is 1.